The lowest BCUT2D eigenvalue weighted by Gasteiger charge is -2.35. The van der Waals surface area contributed by atoms with Gasteiger partial charge in [0.05, 0.1) is 19.3 Å². The molecule has 1 aliphatic rings. The van der Waals surface area contributed by atoms with E-state index in [1.165, 1.54) is 16.7 Å². The van der Waals surface area contributed by atoms with Crippen molar-refractivity contribution in [2.75, 3.05) is 39.5 Å². The molecule has 1 atom stereocenters. The second kappa shape index (κ2) is 9.71. The fourth-order valence-corrected chi connectivity index (χ4v) is 3.35. The van der Waals surface area contributed by atoms with Gasteiger partial charge in [-0.25, -0.2) is 0 Å². The molecule has 1 aliphatic heterocycles. The highest BCUT2D eigenvalue weighted by atomic mass is 16.5. The third-order valence-corrected chi connectivity index (χ3v) is 5.29. The van der Waals surface area contributed by atoms with Crippen molar-refractivity contribution in [3.63, 3.8) is 0 Å². The minimum atomic E-state index is -0.108. The van der Waals surface area contributed by atoms with Crippen LogP contribution in [0.3, 0.4) is 0 Å². The predicted molar refractivity (Wildman–Crippen MR) is 111 cm³/mol. The van der Waals surface area contributed by atoms with Crippen molar-refractivity contribution in [3.8, 4) is 5.75 Å². The zero-order chi connectivity index (χ0) is 19.9. The van der Waals surface area contributed by atoms with Crippen LogP contribution in [0.2, 0.25) is 0 Å². The Kier molecular flexibility index (Phi) is 7.06. The Bertz CT molecular complexity index is 783. The van der Waals surface area contributed by atoms with Gasteiger partial charge in [0.15, 0.2) is 6.61 Å². The summed E-state index contributed by atoms with van der Waals surface area (Å²) >= 11 is 0. The Morgan fingerprint density at radius 1 is 1.07 bits per heavy atom. The van der Waals surface area contributed by atoms with E-state index in [4.69, 9.17) is 9.47 Å². The molecule has 0 aromatic heterocycles. The van der Waals surface area contributed by atoms with Crippen molar-refractivity contribution < 1.29 is 14.3 Å². The maximum atomic E-state index is 12.4. The molecule has 1 fully saturated rings. The third-order valence-electron chi connectivity index (χ3n) is 5.29. The number of benzene rings is 2. The number of carbonyl (C=O) groups excluding carboxylic acids is 1. The normalized spacial score (nSPS) is 15.8. The van der Waals surface area contributed by atoms with Crippen molar-refractivity contribution in [1.29, 1.82) is 0 Å². The Balaban J connectivity index is 1.58. The highest BCUT2D eigenvalue weighted by Crippen LogP contribution is 2.22. The molecule has 0 spiro atoms. The van der Waals surface area contributed by atoms with Crippen LogP contribution in [0, 0.1) is 20.8 Å². The van der Waals surface area contributed by atoms with Crippen molar-refractivity contribution in [2.24, 2.45) is 0 Å². The molecule has 1 heterocycles. The van der Waals surface area contributed by atoms with E-state index in [2.05, 4.69) is 48.3 Å². The van der Waals surface area contributed by atoms with Gasteiger partial charge in [0.25, 0.3) is 5.91 Å². The summed E-state index contributed by atoms with van der Waals surface area (Å²) in [5.41, 5.74) is 4.81. The standard InChI is InChI=1S/C23H30N2O3/c1-17-4-7-20(8-5-17)22(25-10-12-27-13-11-25)15-24-23(26)16-28-21-9-6-18(2)19(3)14-21/h4-9,14,22H,10-13,15-16H2,1-3H3,(H,24,26)/t22-/m0/s1. The average Bonchev–Trinajstić information content (AvgIpc) is 2.71. The Hall–Kier alpha value is -2.37. The first-order chi connectivity index (χ1) is 13.5. The van der Waals surface area contributed by atoms with Crippen LogP contribution in [-0.2, 0) is 9.53 Å². The number of ether oxygens (including phenoxy) is 2. The fourth-order valence-electron chi connectivity index (χ4n) is 3.35. The molecular formula is C23H30N2O3. The summed E-state index contributed by atoms with van der Waals surface area (Å²) in [5.74, 6) is 0.616. The van der Waals surface area contributed by atoms with Gasteiger partial charge in [0.2, 0.25) is 0 Å². The van der Waals surface area contributed by atoms with E-state index in [0.717, 1.165) is 37.6 Å². The van der Waals surface area contributed by atoms with Gasteiger partial charge in [0, 0.05) is 19.6 Å². The Labute approximate surface area is 167 Å². The van der Waals surface area contributed by atoms with Crippen LogP contribution in [0.25, 0.3) is 0 Å². The van der Waals surface area contributed by atoms with Crippen LogP contribution in [0.15, 0.2) is 42.5 Å². The number of nitrogens with zero attached hydrogens (tertiary/aromatic N) is 1. The Morgan fingerprint density at radius 2 is 1.79 bits per heavy atom. The minimum Gasteiger partial charge on any atom is -0.484 e. The van der Waals surface area contributed by atoms with Crippen LogP contribution in [0.5, 0.6) is 5.75 Å². The molecule has 1 amide bonds. The summed E-state index contributed by atoms with van der Waals surface area (Å²) in [6, 6.07) is 14.5. The van der Waals surface area contributed by atoms with E-state index in [1.54, 1.807) is 0 Å². The van der Waals surface area contributed by atoms with E-state index in [-0.39, 0.29) is 18.6 Å². The summed E-state index contributed by atoms with van der Waals surface area (Å²) in [4.78, 5) is 14.7. The van der Waals surface area contributed by atoms with Gasteiger partial charge in [-0.2, -0.15) is 0 Å². The van der Waals surface area contributed by atoms with Crippen molar-refractivity contribution in [3.05, 3.63) is 64.7 Å². The van der Waals surface area contributed by atoms with Crippen LogP contribution < -0.4 is 10.1 Å². The van der Waals surface area contributed by atoms with Crippen LogP contribution in [0.1, 0.15) is 28.3 Å². The molecule has 2 aromatic rings. The monoisotopic (exact) mass is 382 g/mol. The van der Waals surface area contributed by atoms with Gasteiger partial charge in [-0.15, -0.1) is 0 Å². The average molecular weight is 383 g/mol. The topological polar surface area (TPSA) is 50.8 Å². The maximum absolute atomic E-state index is 12.4. The third kappa shape index (κ3) is 5.57. The zero-order valence-electron chi connectivity index (χ0n) is 17.0. The van der Waals surface area contributed by atoms with Crippen molar-refractivity contribution >= 4 is 5.91 Å². The van der Waals surface area contributed by atoms with E-state index in [0.29, 0.717) is 6.54 Å². The molecule has 0 aliphatic carbocycles. The molecule has 5 nitrogen and oxygen atoms in total. The number of hydrogen-bond acceptors (Lipinski definition) is 4. The van der Waals surface area contributed by atoms with Crippen LogP contribution in [-0.4, -0.2) is 50.3 Å². The van der Waals surface area contributed by atoms with Gasteiger partial charge in [-0.05, 0) is 49.6 Å². The zero-order valence-corrected chi connectivity index (χ0v) is 17.0. The quantitative estimate of drug-likeness (QED) is 0.799. The first-order valence-corrected chi connectivity index (χ1v) is 9.88. The van der Waals surface area contributed by atoms with Gasteiger partial charge >= 0.3 is 0 Å². The van der Waals surface area contributed by atoms with Crippen molar-refractivity contribution in [1.82, 2.24) is 10.2 Å². The van der Waals surface area contributed by atoms with Gasteiger partial charge < -0.3 is 14.8 Å². The van der Waals surface area contributed by atoms with Gasteiger partial charge in [0.1, 0.15) is 5.75 Å². The molecule has 3 rings (SSSR count). The number of morpholine rings is 1. The molecule has 150 valence electrons. The first kappa shape index (κ1) is 20.4. The van der Waals surface area contributed by atoms with Crippen LogP contribution >= 0.6 is 0 Å². The Morgan fingerprint density at radius 3 is 2.46 bits per heavy atom. The fraction of sp³-hybridized carbons (Fsp3) is 0.435. The molecule has 1 N–H and O–H groups in total. The lowest BCUT2D eigenvalue weighted by molar-refractivity contribution is -0.123. The lowest BCUT2D eigenvalue weighted by atomic mass is 10.0. The summed E-state index contributed by atoms with van der Waals surface area (Å²) < 4.78 is 11.1. The van der Waals surface area contributed by atoms with Gasteiger partial charge in [-0.1, -0.05) is 35.9 Å². The number of aryl methyl sites for hydroxylation is 3. The second-order valence-electron chi connectivity index (χ2n) is 7.41. The molecule has 0 bridgehead atoms. The summed E-state index contributed by atoms with van der Waals surface area (Å²) in [7, 11) is 0. The number of hydrogen-bond donors (Lipinski definition) is 1. The molecule has 0 radical (unpaired) electrons. The number of amides is 1. The van der Waals surface area contributed by atoms with Crippen LogP contribution in [0.4, 0.5) is 0 Å². The molecule has 28 heavy (non-hydrogen) atoms. The predicted octanol–water partition coefficient (Wildman–Crippen LogP) is 3.18. The maximum Gasteiger partial charge on any atom is 0.258 e. The van der Waals surface area contributed by atoms with E-state index < -0.39 is 0 Å². The first-order valence-electron chi connectivity index (χ1n) is 9.88. The summed E-state index contributed by atoms with van der Waals surface area (Å²) in [6.45, 7) is 9.95. The number of nitrogens with one attached hydrogen (secondary N) is 1. The summed E-state index contributed by atoms with van der Waals surface area (Å²) in [6.07, 6.45) is 0. The van der Waals surface area contributed by atoms with Crippen molar-refractivity contribution in [2.45, 2.75) is 26.8 Å². The SMILES string of the molecule is Cc1ccc([C@H](CNC(=O)COc2ccc(C)c(C)c2)N2CCOCC2)cc1. The second-order valence-corrected chi connectivity index (χ2v) is 7.41. The molecule has 2 aromatic carbocycles. The number of carbonyl (C=O) groups is 1. The largest absolute Gasteiger partial charge is 0.484 e. The minimum absolute atomic E-state index is 0.0201. The molecule has 0 unspecified atom stereocenters. The highest BCUT2D eigenvalue weighted by Gasteiger charge is 2.23. The molecular weight excluding hydrogens is 352 g/mol. The molecule has 1 saturated heterocycles. The smallest absolute Gasteiger partial charge is 0.258 e. The van der Waals surface area contributed by atoms with E-state index >= 15 is 0 Å². The summed E-state index contributed by atoms with van der Waals surface area (Å²) in [5, 5.41) is 3.04. The molecule has 0 saturated carbocycles. The van der Waals surface area contributed by atoms with E-state index in [9.17, 15) is 4.79 Å². The highest BCUT2D eigenvalue weighted by molar-refractivity contribution is 5.77. The van der Waals surface area contributed by atoms with E-state index in [1.807, 2.05) is 25.1 Å². The van der Waals surface area contributed by atoms with Gasteiger partial charge in [-0.3, -0.25) is 9.69 Å². The number of rotatable bonds is 7. The lowest BCUT2D eigenvalue weighted by Crippen LogP contribution is -2.44. The molecule has 5 heteroatoms.